The molecule has 5 rings (SSSR count). The fourth-order valence-electron chi connectivity index (χ4n) is 4.31. The second-order valence-corrected chi connectivity index (χ2v) is 11.1. The summed E-state index contributed by atoms with van der Waals surface area (Å²) in [5.41, 5.74) is 2.06. The molecule has 0 saturated carbocycles. The van der Waals surface area contributed by atoms with E-state index in [0.29, 0.717) is 37.4 Å². The number of hydrogen-bond donors (Lipinski definition) is 1. The van der Waals surface area contributed by atoms with Crippen molar-refractivity contribution in [3.05, 3.63) is 101 Å². The van der Waals surface area contributed by atoms with Crippen LogP contribution in [0.2, 0.25) is 10.0 Å². The number of nitrogens with zero attached hydrogens (tertiary/aromatic N) is 2. The third-order valence-corrected chi connectivity index (χ3v) is 8.33. The van der Waals surface area contributed by atoms with Crippen molar-refractivity contribution in [2.24, 2.45) is 0 Å². The normalized spacial score (nSPS) is 14.2. The fourth-order valence-corrected chi connectivity index (χ4v) is 6.13. The lowest BCUT2D eigenvalue weighted by atomic mass is 10.1. The highest BCUT2D eigenvalue weighted by molar-refractivity contribution is 7.92. The molecule has 1 fully saturated rings. The van der Waals surface area contributed by atoms with E-state index in [1.807, 2.05) is 59.5 Å². The van der Waals surface area contributed by atoms with E-state index in [2.05, 4.69) is 9.62 Å². The Labute approximate surface area is 220 Å². The molecule has 6 nitrogen and oxygen atoms in total. The van der Waals surface area contributed by atoms with E-state index in [1.165, 1.54) is 18.2 Å². The van der Waals surface area contributed by atoms with Crippen LogP contribution in [0.1, 0.15) is 10.4 Å². The van der Waals surface area contributed by atoms with Gasteiger partial charge in [-0.05, 0) is 65.4 Å². The number of nitrogens with one attached hydrogen (secondary N) is 1. The summed E-state index contributed by atoms with van der Waals surface area (Å²) in [5, 5.41) is 2.54. The lowest BCUT2D eigenvalue weighted by Gasteiger charge is -2.36. The molecule has 0 atom stereocenters. The summed E-state index contributed by atoms with van der Waals surface area (Å²) in [6.07, 6.45) is 0. The molecule has 0 aliphatic carbocycles. The highest BCUT2D eigenvalue weighted by Gasteiger charge is 2.23. The Morgan fingerprint density at radius 1 is 0.778 bits per heavy atom. The van der Waals surface area contributed by atoms with Crippen LogP contribution < -0.4 is 9.62 Å². The number of piperazine rings is 1. The van der Waals surface area contributed by atoms with Gasteiger partial charge in [-0.25, -0.2) is 8.42 Å². The Morgan fingerprint density at radius 3 is 2.19 bits per heavy atom. The molecule has 1 aliphatic heterocycles. The van der Waals surface area contributed by atoms with Gasteiger partial charge in [0, 0.05) is 48.1 Å². The molecule has 1 amide bonds. The van der Waals surface area contributed by atoms with E-state index >= 15 is 0 Å². The Bertz CT molecular complexity index is 1530. The molecule has 1 N–H and O–H groups in total. The topological polar surface area (TPSA) is 69.7 Å². The highest BCUT2D eigenvalue weighted by Crippen LogP contribution is 2.28. The van der Waals surface area contributed by atoms with Crippen LogP contribution >= 0.6 is 23.2 Å². The summed E-state index contributed by atoms with van der Waals surface area (Å²) in [5.74, 6) is 0.0323. The minimum Gasteiger partial charge on any atom is -0.368 e. The van der Waals surface area contributed by atoms with Gasteiger partial charge in [0.1, 0.15) is 4.90 Å². The first kappa shape index (κ1) is 24.4. The van der Waals surface area contributed by atoms with E-state index < -0.39 is 10.0 Å². The maximum Gasteiger partial charge on any atom is 0.263 e. The second kappa shape index (κ2) is 10.0. The molecule has 184 valence electrons. The summed E-state index contributed by atoms with van der Waals surface area (Å²) < 4.78 is 28.0. The van der Waals surface area contributed by atoms with Crippen LogP contribution in [-0.4, -0.2) is 45.4 Å². The Balaban J connectivity index is 1.22. The van der Waals surface area contributed by atoms with Crippen LogP contribution in [-0.2, 0) is 10.0 Å². The lowest BCUT2D eigenvalue weighted by Crippen LogP contribution is -2.48. The molecule has 36 heavy (non-hydrogen) atoms. The standard InChI is InChI=1S/C27H23Cl2N3O3S/c28-22-7-12-25(29)26(18-22)36(34,35)30-23-8-10-24(11-9-23)31-13-15-32(16-14-31)27(33)21-6-5-19-3-1-2-4-20(19)17-21/h1-12,17-18,30H,13-16H2. The SMILES string of the molecule is O=C(c1ccc2ccccc2c1)N1CCN(c2ccc(NS(=O)(=O)c3cc(Cl)ccc3Cl)cc2)CC1. The van der Waals surface area contributed by atoms with Crippen LogP contribution in [0.25, 0.3) is 10.8 Å². The Hall–Kier alpha value is -3.26. The van der Waals surface area contributed by atoms with Gasteiger partial charge in [-0.1, -0.05) is 53.5 Å². The summed E-state index contributed by atoms with van der Waals surface area (Å²) in [4.78, 5) is 17.0. The molecule has 0 spiro atoms. The fraction of sp³-hybridized carbons (Fsp3) is 0.148. The molecule has 0 radical (unpaired) electrons. The van der Waals surface area contributed by atoms with Crippen molar-refractivity contribution in [2.75, 3.05) is 35.8 Å². The number of carbonyl (C=O) groups is 1. The van der Waals surface area contributed by atoms with Crippen LogP contribution in [0, 0.1) is 0 Å². The van der Waals surface area contributed by atoms with Gasteiger partial charge in [0.25, 0.3) is 15.9 Å². The molecule has 9 heteroatoms. The Morgan fingerprint density at radius 2 is 1.47 bits per heavy atom. The second-order valence-electron chi connectivity index (χ2n) is 8.57. The first-order valence-electron chi connectivity index (χ1n) is 11.4. The number of halogens is 2. The molecule has 4 aromatic rings. The Kier molecular flexibility index (Phi) is 6.79. The zero-order chi connectivity index (χ0) is 25.3. The van der Waals surface area contributed by atoms with E-state index in [1.54, 1.807) is 12.1 Å². The molecule has 1 saturated heterocycles. The summed E-state index contributed by atoms with van der Waals surface area (Å²) >= 11 is 12.0. The molecule has 0 bridgehead atoms. The van der Waals surface area contributed by atoms with Gasteiger partial charge < -0.3 is 9.80 Å². The zero-order valence-electron chi connectivity index (χ0n) is 19.2. The molecular formula is C27H23Cl2N3O3S. The number of amides is 1. The van der Waals surface area contributed by atoms with E-state index in [9.17, 15) is 13.2 Å². The van der Waals surface area contributed by atoms with Gasteiger partial charge in [-0.3, -0.25) is 9.52 Å². The van der Waals surface area contributed by atoms with Gasteiger partial charge in [0.2, 0.25) is 0 Å². The number of rotatable bonds is 5. The predicted octanol–water partition coefficient (Wildman–Crippen LogP) is 5.91. The van der Waals surface area contributed by atoms with Crippen molar-refractivity contribution in [1.29, 1.82) is 0 Å². The lowest BCUT2D eigenvalue weighted by molar-refractivity contribution is 0.0747. The number of hydrogen-bond acceptors (Lipinski definition) is 4. The number of carbonyl (C=O) groups excluding carboxylic acids is 1. The van der Waals surface area contributed by atoms with Crippen LogP contribution in [0.5, 0.6) is 0 Å². The van der Waals surface area contributed by atoms with Crippen molar-refractivity contribution in [3.63, 3.8) is 0 Å². The van der Waals surface area contributed by atoms with E-state index in [4.69, 9.17) is 23.2 Å². The highest BCUT2D eigenvalue weighted by atomic mass is 35.5. The zero-order valence-corrected chi connectivity index (χ0v) is 21.5. The maximum absolute atomic E-state index is 13.1. The minimum atomic E-state index is -3.89. The average molecular weight is 540 g/mol. The molecule has 0 aromatic heterocycles. The van der Waals surface area contributed by atoms with Gasteiger partial charge in [-0.15, -0.1) is 0 Å². The summed E-state index contributed by atoms with van der Waals surface area (Å²) in [6.45, 7) is 2.58. The van der Waals surface area contributed by atoms with Crippen LogP contribution in [0.4, 0.5) is 11.4 Å². The summed E-state index contributed by atoms with van der Waals surface area (Å²) in [7, 11) is -3.89. The van der Waals surface area contributed by atoms with Gasteiger partial charge in [0.05, 0.1) is 5.02 Å². The molecule has 0 unspecified atom stereocenters. The van der Waals surface area contributed by atoms with Crippen molar-refractivity contribution in [3.8, 4) is 0 Å². The third kappa shape index (κ3) is 5.14. The average Bonchev–Trinajstić information content (AvgIpc) is 2.89. The summed E-state index contributed by atoms with van der Waals surface area (Å²) in [6, 6.07) is 25.2. The van der Waals surface area contributed by atoms with Crippen molar-refractivity contribution >= 4 is 61.3 Å². The smallest absolute Gasteiger partial charge is 0.263 e. The van der Waals surface area contributed by atoms with E-state index in [0.717, 1.165) is 16.5 Å². The van der Waals surface area contributed by atoms with Crippen LogP contribution in [0.15, 0.2) is 89.8 Å². The predicted molar refractivity (Wildman–Crippen MR) is 146 cm³/mol. The van der Waals surface area contributed by atoms with Crippen molar-refractivity contribution in [1.82, 2.24) is 4.90 Å². The first-order chi connectivity index (χ1) is 17.3. The number of anilines is 2. The molecule has 1 heterocycles. The van der Waals surface area contributed by atoms with Gasteiger partial charge >= 0.3 is 0 Å². The largest absolute Gasteiger partial charge is 0.368 e. The quantitative estimate of drug-likeness (QED) is 0.342. The molecule has 4 aromatic carbocycles. The van der Waals surface area contributed by atoms with Crippen molar-refractivity contribution < 1.29 is 13.2 Å². The van der Waals surface area contributed by atoms with Gasteiger partial charge in [0.15, 0.2) is 0 Å². The third-order valence-electron chi connectivity index (χ3n) is 6.23. The molecular weight excluding hydrogens is 517 g/mol. The first-order valence-corrected chi connectivity index (χ1v) is 13.6. The molecule has 1 aliphatic rings. The number of sulfonamides is 1. The maximum atomic E-state index is 13.1. The minimum absolute atomic E-state index is 0.0323. The van der Waals surface area contributed by atoms with E-state index in [-0.39, 0.29) is 20.8 Å². The van der Waals surface area contributed by atoms with Crippen LogP contribution in [0.3, 0.4) is 0 Å². The number of fused-ring (bicyclic) bond motifs is 1. The number of benzene rings is 4. The van der Waals surface area contributed by atoms with Gasteiger partial charge in [-0.2, -0.15) is 0 Å². The van der Waals surface area contributed by atoms with Crippen molar-refractivity contribution in [2.45, 2.75) is 4.90 Å². The monoisotopic (exact) mass is 539 g/mol.